The molecule has 0 fully saturated rings. The Balaban J connectivity index is 2.98. The average Bonchev–Trinajstić information content (AvgIpc) is 2.23. The van der Waals surface area contributed by atoms with Gasteiger partial charge in [-0.25, -0.2) is 8.60 Å². The minimum absolute atomic E-state index is 0.345. The normalized spacial score (nSPS) is 15.2. The average molecular weight is 375 g/mol. The lowest BCUT2D eigenvalue weighted by Crippen LogP contribution is -2.16. The van der Waals surface area contributed by atoms with E-state index >= 15 is 0 Å². The van der Waals surface area contributed by atoms with Crippen LogP contribution in [0.2, 0.25) is 0 Å². The maximum absolute atomic E-state index is 13.0. The van der Waals surface area contributed by atoms with E-state index < -0.39 is 33.1 Å². The van der Waals surface area contributed by atoms with Gasteiger partial charge in [-0.1, -0.05) is 22.0 Å². The summed E-state index contributed by atoms with van der Waals surface area (Å²) < 4.78 is 56.1. The second kappa shape index (κ2) is 6.89. The van der Waals surface area contributed by atoms with E-state index in [1.807, 2.05) is 0 Å². The van der Waals surface area contributed by atoms with E-state index in [1.165, 1.54) is 24.5 Å². The summed E-state index contributed by atoms with van der Waals surface area (Å²) in [6.07, 6.45) is 1.30. The molecule has 1 rings (SSSR count). The minimum atomic E-state index is -3.65. The minimum Gasteiger partial charge on any atom is -0.280 e. The van der Waals surface area contributed by atoms with E-state index in [-0.39, 0.29) is 6.61 Å². The molecule has 2 unspecified atom stereocenters. The van der Waals surface area contributed by atoms with Crippen molar-refractivity contribution < 1.29 is 25.4 Å². The number of hydrogen-bond acceptors (Lipinski definition) is 5. The Morgan fingerprint density at radius 3 is 2.58 bits per heavy atom. The highest BCUT2D eigenvalue weighted by molar-refractivity contribution is 9.10. The van der Waals surface area contributed by atoms with Crippen molar-refractivity contribution in [3.63, 3.8) is 0 Å². The van der Waals surface area contributed by atoms with E-state index in [0.717, 1.165) is 6.26 Å². The largest absolute Gasteiger partial charge is 0.280 e. The van der Waals surface area contributed by atoms with Crippen LogP contribution in [0.5, 0.6) is 0 Å². The molecule has 0 amide bonds. The first-order valence-corrected chi connectivity index (χ1v) is 9.08. The van der Waals surface area contributed by atoms with Gasteiger partial charge in [0.2, 0.25) is 0 Å². The standard InChI is InChI=1S/C10H12BrFO5S2/c1-18(13)17-10(6-16-19(2,14)15)8-4-3-7(12)5-9(8)11/h3-5,10H,6H2,1-2H3. The zero-order valence-electron chi connectivity index (χ0n) is 10.1. The lowest BCUT2D eigenvalue weighted by Gasteiger charge is -2.17. The van der Waals surface area contributed by atoms with Gasteiger partial charge in [0.1, 0.15) is 11.9 Å². The molecule has 2 atom stereocenters. The van der Waals surface area contributed by atoms with Crippen molar-refractivity contribution in [1.82, 2.24) is 0 Å². The van der Waals surface area contributed by atoms with Crippen LogP contribution in [0.3, 0.4) is 0 Å². The summed E-state index contributed by atoms with van der Waals surface area (Å²) in [6.45, 7) is -0.345. The first-order valence-electron chi connectivity index (χ1n) is 4.99. The van der Waals surface area contributed by atoms with Gasteiger partial charge in [-0.3, -0.25) is 8.37 Å². The second-order valence-corrected chi connectivity index (χ2v) is 7.13. The molecule has 0 aliphatic rings. The third-order valence-electron chi connectivity index (χ3n) is 1.99. The molecule has 0 N–H and O–H groups in total. The van der Waals surface area contributed by atoms with E-state index in [0.29, 0.717) is 10.0 Å². The molecule has 0 radical (unpaired) electrons. The van der Waals surface area contributed by atoms with Gasteiger partial charge in [0.15, 0.2) is 11.1 Å². The van der Waals surface area contributed by atoms with Crippen molar-refractivity contribution in [2.45, 2.75) is 6.10 Å². The van der Waals surface area contributed by atoms with E-state index in [9.17, 15) is 17.0 Å². The SMILES string of the molecule is CS(=O)OC(COS(C)(=O)=O)c1ccc(F)cc1Br. The molecule has 0 aliphatic carbocycles. The Labute approximate surface area is 122 Å². The van der Waals surface area contributed by atoms with Crippen LogP contribution in [0.4, 0.5) is 4.39 Å². The lowest BCUT2D eigenvalue weighted by atomic mass is 10.1. The molecule has 0 bridgehead atoms. The van der Waals surface area contributed by atoms with Crippen LogP contribution in [0.15, 0.2) is 22.7 Å². The molecule has 1 aromatic carbocycles. The van der Waals surface area contributed by atoms with Crippen molar-refractivity contribution in [3.8, 4) is 0 Å². The van der Waals surface area contributed by atoms with Gasteiger partial charge in [0, 0.05) is 10.7 Å². The van der Waals surface area contributed by atoms with Gasteiger partial charge in [0.25, 0.3) is 10.1 Å². The molecule has 19 heavy (non-hydrogen) atoms. The third-order valence-corrected chi connectivity index (χ3v) is 3.75. The Morgan fingerprint density at radius 1 is 1.47 bits per heavy atom. The number of rotatable bonds is 6. The van der Waals surface area contributed by atoms with Crippen molar-refractivity contribution >= 4 is 37.1 Å². The molecule has 0 spiro atoms. The van der Waals surface area contributed by atoms with Gasteiger partial charge in [-0.2, -0.15) is 8.42 Å². The number of halogens is 2. The molecule has 5 nitrogen and oxygen atoms in total. The molecule has 108 valence electrons. The van der Waals surface area contributed by atoms with Crippen molar-refractivity contribution in [2.24, 2.45) is 0 Å². The molecule has 9 heteroatoms. The van der Waals surface area contributed by atoms with Crippen LogP contribution in [-0.2, 0) is 29.6 Å². The fourth-order valence-electron chi connectivity index (χ4n) is 1.28. The quantitative estimate of drug-likeness (QED) is 0.711. The maximum atomic E-state index is 13.0. The molecule has 0 aromatic heterocycles. The zero-order valence-corrected chi connectivity index (χ0v) is 13.3. The highest BCUT2D eigenvalue weighted by atomic mass is 79.9. The Kier molecular flexibility index (Phi) is 6.06. The van der Waals surface area contributed by atoms with Crippen LogP contribution in [-0.4, -0.2) is 31.7 Å². The molecule has 1 aromatic rings. The second-order valence-electron chi connectivity index (χ2n) is 3.64. The van der Waals surface area contributed by atoms with Crippen LogP contribution < -0.4 is 0 Å². The molecular weight excluding hydrogens is 363 g/mol. The zero-order chi connectivity index (χ0) is 14.6. The molecule has 0 saturated carbocycles. The van der Waals surface area contributed by atoms with Gasteiger partial charge >= 0.3 is 0 Å². The van der Waals surface area contributed by atoms with Gasteiger partial charge in [0.05, 0.1) is 12.9 Å². The van der Waals surface area contributed by atoms with Crippen LogP contribution >= 0.6 is 15.9 Å². The Bertz CT molecular complexity index is 575. The topological polar surface area (TPSA) is 69.7 Å². The summed E-state index contributed by atoms with van der Waals surface area (Å²) in [6, 6.07) is 3.79. The predicted molar refractivity (Wildman–Crippen MR) is 72.8 cm³/mol. The van der Waals surface area contributed by atoms with E-state index in [2.05, 4.69) is 20.1 Å². The Morgan fingerprint density at radius 2 is 2.11 bits per heavy atom. The van der Waals surface area contributed by atoms with Crippen LogP contribution in [0, 0.1) is 5.82 Å². The highest BCUT2D eigenvalue weighted by Gasteiger charge is 2.20. The third kappa shape index (κ3) is 6.09. The fourth-order valence-corrected chi connectivity index (χ4v) is 2.74. The van der Waals surface area contributed by atoms with Crippen LogP contribution in [0.25, 0.3) is 0 Å². The maximum Gasteiger partial charge on any atom is 0.264 e. The first-order chi connectivity index (χ1) is 8.69. The van der Waals surface area contributed by atoms with Gasteiger partial charge < -0.3 is 0 Å². The molecule has 0 aliphatic heterocycles. The van der Waals surface area contributed by atoms with E-state index in [4.69, 9.17) is 4.18 Å². The molecule has 0 saturated heterocycles. The predicted octanol–water partition coefficient (Wildman–Crippen LogP) is 1.92. The number of hydrogen-bond donors (Lipinski definition) is 0. The summed E-state index contributed by atoms with van der Waals surface area (Å²) in [5.74, 6) is -0.462. The van der Waals surface area contributed by atoms with Gasteiger partial charge in [-0.05, 0) is 17.7 Å². The number of benzene rings is 1. The van der Waals surface area contributed by atoms with Crippen LogP contribution in [0.1, 0.15) is 11.7 Å². The molecule has 0 heterocycles. The summed E-state index contributed by atoms with van der Waals surface area (Å²) in [5, 5.41) is 0. The monoisotopic (exact) mass is 374 g/mol. The Hall–Kier alpha value is -0.350. The fraction of sp³-hybridized carbons (Fsp3) is 0.400. The first kappa shape index (κ1) is 16.7. The molecular formula is C10H12BrFO5S2. The highest BCUT2D eigenvalue weighted by Crippen LogP contribution is 2.28. The summed E-state index contributed by atoms with van der Waals surface area (Å²) in [5.41, 5.74) is 0.445. The smallest absolute Gasteiger partial charge is 0.264 e. The van der Waals surface area contributed by atoms with Crippen molar-refractivity contribution in [1.29, 1.82) is 0 Å². The summed E-state index contributed by atoms with van der Waals surface area (Å²) >= 11 is 1.51. The van der Waals surface area contributed by atoms with Gasteiger partial charge in [-0.15, -0.1) is 0 Å². The lowest BCUT2D eigenvalue weighted by molar-refractivity contribution is 0.149. The summed E-state index contributed by atoms with van der Waals surface area (Å²) in [4.78, 5) is 0. The van der Waals surface area contributed by atoms with Crippen molar-refractivity contribution in [2.75, 3.05) is 19.1 Å². The van der Waals surface area contributed by atoms with Crippen molar-refractivity contribution in [3.05, 3.63) is 34.1 Å². The van der Waals surface area contributed by atoms with E-state index in [1.54, 1.807) is 0 Å². The summed E-state index contributed by atoms with van der Waals surface area (Å²) in [7, 11) is -3.65.